The Bertz CT molecular complexity index is 175. The molecule has 0 aliphatic rings. The average molecular weight is 217 g/mol. The number of carbonyl (C=O) groups excluding carboxylic acids is 1. The van der Waals surface area contributed by atoms with Crippen molar-refractivity contribution >= 4 is 5.97 Å². The highest BCUT2D eigenvalue weighted by Gasteiger charge is 2.22. The van der Waals surface area contributed by atoms with E-state index < -0.39 is 5.41 Å². The molecule has 0 rings (SSSR count). The lowest BCUT2D eigenvalue weighted by Gasteiger charge is -2.16. The van der Waals surface area contributed by atoms with Crippen molar-refractivity contribution in [3.05, 3.63) is 0 Å². The maximum atomic E-state index is 11.3. The Hall–Kier alpha value is -0.610. The molecule has 0 spiro atoms. The summed E-state index contributed by atoms with van der Waals surface area (Å²) >= 11 is 0. The van der Waals surface area contributed by atoms with Gasteiger partial charge in [0.1, 0.15) is 0 Å². The Labute approximate surface area is 92.0 Å². The summed E-state index contributed by atoms with van der Waals surface area (Å²) in [6.07, 6.45) is 3.91. The van der Waals surface area contributed by atoms with Crippen LogP contribution in [0.15, 0.2) is 0 Å². The molecule has 4 nitrogen and oxygen atoms in total. The summed E-state index contributed by atoms with van der Waals surface area (Å²) in [6, 6.07) is 0. The van der Waals surface area contributed by atoms with Gasteiger partial charge in [-0.25, -0.2) is 5.48 Å². The van der Waals surface area contributed by atoms with Crippen LogP contribution in [-0.4, -0.2) is 24.3 Å². The zero-order valence-electron chi connectivity index (χ0n) is 10.0. The highest BCUT2D eigenvalue weighted by atomic mass is 16.5. The molecule has 0 saturated heterocycles. The van der Waals surface area contributed by atoms with E-state index in [0.717, 1.165) is 25.7 Å². The minimum Gasteiger partial charge on any atom is -0.465 e. The number of unbranched alkanes of at least 4 members (excludes halogenated alkanes) is 3. The smallest absolute Gasteiger partial charge is 0.311 e. The van der Waals surface area contributed by atoms with Gasteiger partial charge in [0.05, 0.1) is 12.0 Å². The van der Waals surface area contributed by atoms with Crippen LogP contribution in [-0.2, 0) is 9.53 Å². The number of hydroxylamine groups is 1. The largest absolute Gasteiger partial charge is 0.465 e. The maximum absolute atomic E-state index is 11.3. The Morgan fingerprint density at radius 2 is 1.80 bits per heavy atom. The molecule has 0 atom stereocenters. The lowest BCUT2D eigenvalue weighted by molar-refractivity contribution is -0.153. The van der Waals surface area contributed by atoms with Crippen LogP contribution in [0.2, 0.25) is 0 Å². The van der Waals surface area contributed by atoms with Gasteiger partial charge in [-0.3, -0.25) is 4.79 Å². The first-order valence-electron chi connectivity index (χ1n) is 5.52. The Morgan fingerprint density at radius 1 is 1.20 bits per heavy atom. The van der Waals surface area contributed by atoms with E-state index in [-0.39, 0.29) is 5.97 Å². The van der Waals surface area contributed by atoms with Gasteiger partial charge in [-0.1, -0.05) is 12.8 Å². The average Bonchev–Trinajstić information content (AvgIpc) is 2.14. The van der Waals surface area contributed by atoms with E-state index in [1.807, 2.05) is 20.8 Å². The highest BCUT2D eigenvalue weighted by molar-refractivity contribution is 5.75. The molecule has 90 valence electrons. The first-order valence-corrected chi connectivity index (χ1v) is 5.52. The van der Waals surface area contributed by atoms with E-state index in [1.54, 1.807) is 0 Å². The number of hydrogen-bond donors (Lipinski definition) is 2. The van der Waals surface area contributed by atoms with Crippen LogP contribution in [0.25, 0.3) is 0 Å². The number of ether oxygens (including phenoxy) is 1. The molecule has 0 radical (unpaired) electrons. The molecule has 0 fully saturated rings. The molecule has 0 aliphatic heterocycles. The van der Waals surface area contributed by atoms with Crippen molar-refractivity contribution in [3.8, 4) is 0 Å². The van der Waals surface area contributed by atoms with Crippen molar-refractivity contribution in [3.63, 3.8) is 0 Å². The second kappa shape index (κ2) is 7.65. The molecule has 0 aromatic carbocycles. The SMILES string of the molecule is CC(C)(C)C(=O)OCCCCCCNO. The van der Waals surface area contributed by atoms with Gasteiger partial charge in [-0.05, 0) is 33.6 Å². The molecular formula is C11H23NO3. The van der Waals surface area contributed by atoms with Crippen molar-refractivity contribution in [1.29, 1.82) is 0 Å². The third kappa shape index (κ3) is 8.39. The summed E-state index contributed by atoms with van der Waals surface area (Å²) in [7, 11) is 0. The van der Waals surface area contributed by atoms with Crippen molar-refractivity contribution in [1.82, 2.24) is 5.48 Å². The summed E-state index contributed by atoms with van der Waals surface area (Å²) in [4.78, 5) is 11.3. The Balaban J connectivity index is 3.28. The van der Waals surface area contributed by atoms with Crippen LogP contribution in [0.1, 0.15) is 46.5 Å². The van der Waals surface area contributed by atoms with Crippen LogP contribution in [0, 0.1) is 5.41 Å². The first kappa shape index (κ1) is 14.4. The molecule has 0 unspecified atom stereocenters. The van der Waals surface area contributed by atoms with Crippen LogP contribution in [0.4, 0.5) is 0 Å². The van der Waals surface area contributed by atoms with E-state index in [4.69, 9.17) is 9.94 Å². The summed E-state index contributed by atoms with van der Waals surface area (Å²) in [5, 5.41) is 8.31. The standard InChI is InChI=1S/C11H23NO3/c1-11(2,3)10(13)15-9-7-5-4-6-8-12-14/h12,14H,4-9H2,1-3H3. The molecule has 0 aliphatic carbocycles. The zero-order valence-corrected chi connectivity index (χ0v) is 10.0. The predicted molar refractivity (Wildman–Crippen MR) is 58.7 cm³/mol. The molecule has 15 heavy (non-hydrogen) atoms. The van der Waals surface area contributed by atoms with E-state index in [0.29, 0.717) is 13.2 Å². The lowest BCUT2D eigenvalue weighted by atomic mass is 9.97. The fourth-order valence-corrected chi connectivity index (χ4v) is 1.04. The molecule has 0 amide bonds. The Morgan fingerprint density at radius 3 is 2.33 bits per heavy atom. The molecule has 0 saturated carbocycles. The van der Waals surface area contributed by atoms with Gasteiger partial charge in [0.15, 0.2) is 0 Å². The van der Waals surface area contributed by atoms with Gasteiger partial charge >= 0.3 is 5.97 Å². The topological polar surface area (TPSA) is 58.6 Å². The minimum atomic E-state index is -0.402. The quantitative estimate of drug-likeness (QED) is 0.389. The third-order valence-corrected chi connectivity index (χ3v) is 2.03. The van der Waals surface area contributed by atoms with Crippen LogP contribution >= 0.6 is 0 Å². The van der Waals surface area contributed by atoms with E-state index >= 15 is 0 Å². The van der Waals surface area contributed by atoms with Gasteiger partial charge in [0.25, 0.3) is 0 Å². The van der Waals surface area contributed by atoms with Crippen LogP contribution < -0.4 is 5.48 Å². The summed E-state index contributed by atoms with van der Waals surface area (Å²) < 4.78 is 5.11. The van der Waals surface area contributed by atoms with Crippen molar-refractivity contribution in [2.24, 2.45) is 5.41 Å². The Kier molecular flexibility index (Phi) is 7.34. The van der Waals surface area contributed by atoms with Crippen molar-refractivity contribution in [2.75, 3.05) is 13.2 Å². The summed E-state index contributed by atoms with van der Waals surface area (Å²) in [6.45, 7) is 6.68. The van der Waals surface area contributed by atoms with E-state index in [2.05, 4.69) is 5.48 Å². The van der Waals surface area contributed by atoms with Gasteiger partial charge in [0.2, 0.25) is 0 Å². The molecule has 0 bridgehead atoms. The number of carbonyl (C=O) groups is 1. The van der Waals surface area contributed by atoms with Crippen LogP contribution in [0.5, 0.6) is 0 Å². The molecule has 4 heteroatoms. The number of rotatable bonds is 7. The number of esters is 1. The maximum Gasteiger partial charge on any atom is 0.311 e. The van der Waals surface area contributed by atoms with Gasteiger partial charge in [-0.15, -0.1) is 0 Å². The van der Waals surface area contributed by atoms with Crippen LogP contribution in [0.3, 0.4) is 0 Å². The van der Waals surface area contributed by atoms with Gasteiger partial charge in [-0.2, -0.15) is 0 Å². The molecule has 0 aromatic rings. The number of nitrogens with one attached hydrogen (secondary N) is 1. The van der Waals surface area contributed by atoms with E-state index in [9.17, 15) is 4.79 Å². The number of hydrogen-bond acceptors (Lipinski definition) is 4. The fraction of sp³-hybridized carbons (Fsp3) is 0.909. The predicted octanol–water partition coefficient (Wildman–Crippen LogP) is 2.11. The molecule has 2 N–H and O–H groups in total. The molecular weight excluding hydrogens is 194 g/mol. The lowest BCUT2D eigenvalue weighted by Crippen LogP contribution is -2.23. The first-order chi connectivity index (χ1) is 6.98. The second-order valence-electron chi connectivity index (χ2n) is 4.71. The molecule has 0 heterocycles. The highest BCUT2D eigenvalue weighted by Crippen LogP contribution is 2.15. The fourth-order valence-electron chi connectivity index (χ4n) is 1.04. The third-order valence-electron chi connectivity index (χ3n) is 2.03. The summed E-state index contributed by atoms with van der Waals surface area (Å²) in [5.41, 5.74) is 1.71. The van der Waals surface area contributed by atoms with Gasteiger partial charge in [0, 0.05) is 6.54 Å². The second-order valence-corrected chi connectivity index (χ2v) is 4.71. The van der Waals surface area contributed by atoms with Gasteiger partial charge < -0.3 is 9.94 Å². The van der Waals surface area contributed by atoms with E-state index in [1.165, 1.54) is 0 Å². The normalized spacial score (nSPS) is 11.5. The monoisotopic (exact) mass is 217 g/mol. The minimum absolute atomic E-state index is 0.139. The molecule has 0 aromatic heterocycles. The van der Waals surface area contributed by atoms with Crippen molar-refractivity contribution in [2.45, 2.75) is 46.5 Å². The van der Waals surface area contributed by atoms with Crippen molar-refractivity contribution < 1.29 is 14.7 Å². The summed E-state index contributed by atoms with van der Waals surface area (Å²) in [5.74, 6) is -0.139. The zero-order chi connectivity index (χ0) is 11.7.